The van der Waals surface area contributed by atoms with E-state index in [0.717, 1.165) is 51.7 Å². The summed E-state index contributed by atoms with van der Waals surface area (Å²) in [4.78, 5) is 29.5. The Morgan fingerprint density at radius 2 is 1.79 bits per heavy atom. The summed E-state index contributed by atoms with van der Waals surface area (Å²) < 4.78 is 0. The van der Waals surface area contributed by atoms with E-state index in [-0.39, 0.29) is 12.1 Å². The van der Waals surface area contributed by atoms with E-state index in [4.69, 9.17) is 0 Å². The Morgan fingerprint density at radius 3 is 2.55 bits per heavy atom. The number of hydrogen-bond acceptors (Lipinski definition) is 4. The van der Waals surface area contributed by atoms with Gasteiger partial charge >= 0.3 is 11.8 Å². The Balaban J connectivity index is 1.40. The van der Waals surface area contributed by atoms with Gasteiger partial charge < -0.3 is 15.5 Å². The summed E-state index contributed by atoms with van der Waals surface area (Å²) in [6.45, 7) is 3.63. The number of anilines is 1. The molecule has 0 bridgehead atoms. The molecule has 1 aromatic rings. The molecule has 0 spiro atoms. The van der Waals surface area contributed by atoms with E-state index in [1.807, 2.05) is 0 Å². The number of hydrogen-bond donors (Lipinski definition) is 2. The van der Waals surface area contributed by atoms with Crippen molar-refractivity contribution in [3.8, 4) is 0 Å². The molecule has 1 atom stereocenters. The topological polar surface area (TPSA) is 64.7 Å². The minimum Gasteiger partial charge on any atom is -0.374 e. The lowest BCUT2D eigenvalue weighted by molar-refractivity contribution is -0.139. The third-order valence-electron chi connectivity index (χ3n) is 6.80. The van der Waals surface area contributed by atoms with Crippen molar-refractivity contribution in [2.45, 2.75) is 63.5 Å². The molecular formula is C23H34N4O2. The number of likely N-dealkylation sites (N-methyl/N-ethyl adjacent to an activating group) is 1. The fourth-order valence-corrected chi connectivity index (χ4v) is 5.07. The number of rotatable bonds is 5. The zero-order chi connectivity index (χ0) is 20.2. The van der Waals surface area contributed by atoms with Crippen molar-refractivity contribution in [3.63, 3.8) is 0 Å². The molecule has 1 saturated carbocycles. The number of nitrogens with zero attached hydrogens (tertiary/aromatic N) is 2. The molecule has 29 heavy (non-hydrogen) atoms. The number of fused-ring (bicyclic) bond motifs is 1. The standard InChI is InChI=1S/C23H34N4O2/c1-26-14-11-18-15-17(9-10-20(18)26)21(27-12-5-6-13-27)16-24-22(28)23(29)25-19-7-3-2-4-8-19/h9-10,15,19,21H,2-8,11-14,16H2,1H3,(H,24,28)(H,25,29). The van der Waals surface area contributed by atoms with Crippen LogP contribution in [-0.2, 0) is 16.0 Å². The Bertz CT molecular complexity index is 738. The van der Waals surface area contributed by atoms with Crippen LogP contribution in [0.1, 0.15) is 62.1 Å². The summed E-state index contributed by atoms with van der Waals surface area (Å²) in [5.74, 6) is -0.978. The summed E-state index contributed by atoms with van der Waals surface area (Å²) >= 11 is 0. The summed E-state index contributed by atoms with van der Waals surface area (Å²) in [6.07, 6.45) is 8.93. The van der Waals surface area contributed by atoms with E-state index in [9.17, 15) is 9.59 Å². The van der Waals surface area contributed by atoms with Crippen LogP contribution in [-0.4, -0.2) is 56.0 Å². The average molecular weight is 399 g/mol. The zero-order valence-corrected chi connectivity index (χ0v) is 17.6. The highest BCUT2D eigenvalue weighted by Gasteiger charge is 2.27. The van der Waals surface area contributed by atoms with Crippen LogP contribution in [0.5, 0.6) is 0 Å². The zero-order valence-electron chi connectivity index (χ0n) is 17.6. The first-order valence-corrected chi connectivity index (χ1v) is 11.3. The molecule has 0 radical (unpaired) electrons. The quantitative estimate of drug-likeness (QED) is 0.748. The second-order valence-electron chi connectivity index (χ2n) is 8.84. The lowest BCUT2D eigenvalue weighted by Crippen LogP contribution is -2.47. The van der Waals surface area contributed by atoms with Crippen molar-refractivity contribution in [3.05, 3.63) is 29.3 Å². The van der Waals surface area contributed by atoms with Gasteiger partial charge in [0.2, 0.25) is 0 Å². The van der Waals surface area contributed by atoms with Crippen molar-refractivity contribution < 1.29 is 9.59 Å². The minimum absolute atomic E-state index is 0.125. The lowest BCUT2D eigenvalue weighted by atomic mass is 9.95. The summed E-state index contributed by atoms with van der Waals surface area (Å²) in [5.41, 5.74) is 3.94. The molecule has 1 unspecified atom stereocenters. The SMILES string of the molecule is CN1CCc2cc(C(CNC(=O)C(=O)NC3CCCCC3)N3CCCC3)ccc21. The van der Waals surface area contributed by atoms with Gasteiger partial charge in [-0.25, -0.2) is 0 Å². The Morgan fingerprint density at radius 1 is 1.03 bits per heavy atom. The largest absolute Gasteiger partial charge is 0.374 e. The first kappa shape index (κ1) is 20.2. The second kappa shape index (κ2) is 9.16. The van der Waals surface area contributed by atoms with Gasteiger partial charge in [-0.05, 0) is 62.4 Å². The molecule has 1 aromatic carbocycles. The molecule has 2 heterocycles. The Hall–Kier alpha value is -2.08. The third-order valence-corrected chi connectivity index (χ3v) is 6.80. The smallest absolute Gasteiger partial charge is 0.309 e. The molecule has 1 aliphatic carbocycles. The van der Waals surface area contributed by atoms with Gasteiger partial charge in [0.15, 0.2) is 0 Å². The molecule has 6 heteroatoms. The first-order valence-electron chi connectivity index (χ1n) is 11.3. The van der Waals surface area contributed by atoms with Crippen molar-refractivity contribution in [2.75, 3.05) is 38.1 Å². The number of carbonyl (C=O) groups excluding carboxylic acids is 2. The Labute approximate surface area is 174 Å². The van der Waals surface area contributed by atoms with Crippen LogP contribution in [0.3, 0.4) is 0 Å². The van der Waals surface area contributed by atoms with Crippen LogP contribution in [0.2, 0.25) is 0 Å². The average Bonchev–Trinajstić information content (AvgIpc) is 3.39. The van der Waals surface area contributed by atoms with E-state index in [1.165, 1.54) is 36.1 Å². The van der Waals surface area contributed by atoms with E-state index >= 15 is 0 Å². The summed E-state index contributed by atoms with van der Waals surface area (Å²) in [5, 5.41) is 5.84. The van der Waals surface area contributed by atoms with Crippen molar-refractivity contribution in [1.29, 1.82) is 0 Å². The maximum absolute atomic E-state index is 12.4. The molecule has 2 aliphatic heterocycles. The number of carbonyl (C=O) groups is 2. The van der Waals surface area contributed by atoms with Gasteiger partial charge in [-0.3, -0.25) is 14.5 Å². The summed E-state index contributed by atoms with van der Waals surface area (Å²) in [7, 11) is 2.13. The molecule has 2 fully saturated rings. The number of amides is 2. The van der Waals surface area contributed by atoms with Gasteiger partial charge in [-0.15, -0.1) is 0 Å². The van der Waals surface area contributed by atoms with Gasteiger partial charge in [0.05, 0.1) is 6.04 Å². The van der Waals surface area contributed by atoms with Crippen molar-refractivity contribution >= 4 is 17.5 Å². The molecule has 158 valence electrons. The van der Waals surface area contributed by atoms with Crippen molar-refractivity contribution in [1.82, 2.24) is 15.5 Å². The maximum atomic E-state index is 12.4. The van der Waals surface area contributed by atoms with Crippen LogP contribution in [0, 0.1) is 0 Å². The molecule has 2 N–H and O–H groups in total. The fraction of sp³-hybridized carbons (Fsp3) is 0.652. The molecular weight excluding hydrogens is 364 g/mol. The first-order chi connectivity index (χ1) is 14.1. The highest BCUT2D eigenvalue weighted by Crippen LogP contribution is 2.32. The molecule has 3 aliphatic rings. The predicted octanol–water partition coefficient (Wildman–Crippen LogP) is 2.38. The van der Waals surface area contributed by atoms with Gasteiger partial charge in [0.1, 0.15) is 0 Å². The van der Waals surface area contributed by atoms with Crippen molar-refractivity contribution in [2.24, 2.45) is 0 Å². The number of likely N-dealkylation sites (tertiary alicyclic amines) is 1. The van der Waals surface area contributed by atoms with E-state index < -0.39 is 11.8 Å². The third kappa shape index (κ3) is 4.74. The summed E-state index contributed by atoms with van der Waals surface area (Å²) in [6, 6.07) is 6.98. The number of nitrogens with one attached hydrogen (secondary N) is 2. The van der Waals surface area contributed by atoms with Gasteiger partial charge in [-0.1, -0.05) is 31.4 Å². The van der Waals surface area contributed by atoms with Crippen LogP contribution in [0.25, 0.3) is 0 Å². The second-order valence-corrected chi connectivity index (χ2v) is 8.84. The molecule has 6 nitrogen and oxygen atoms in total. The lowest BCUT2D eigenvalue weighted by Gasteiger charge is -2.29. The van der Waals surface area contributed by atoms with Gasteiger partial charge in [0, 0.05) is 31.9 Å². The molecule has 4 rings (SSSR count). The van der Waals surface area contributed by atoms with E-state index in [0.29, 0.717) is 6.54 Å². The molecule has 0 aromatic heterocycles. The van der Waals surface area contributed by atoms with E-state index in [2.05, 4.69) is 45.7 Å². The normalized spacial score (nSPS) is 21.1. The van der Waals surface area contributed by atoms with Crippen LogP contribution >= 0.6 is 0 Å². The van der Waals surface area contributed by atoms with Crippen LogP contribution in [0.4, 0.5) is 5.69 Å². The van der Waals surface area contributed by atoms with Gasteiger partial charge in [-0.2, -0.15) is 0 Å². The fourth-order valence-electron chi connectivity index (χ4n) is 5.07. The Kier molecular flexibility index (Phi) is 6.38. The van der Waals surface area contributed by atoms with Crippen LogP contribution in [0.15, 0.2) is 18.2 Å². The highest BCUT2D eigenvalue weighted by atomic mass is 16.2. The minimum atomic E-state index is -0.499. The molecule has 2 amide bonds. The van der Waals surface area contributed by atoms with Gasteiger partial charge in [0.25, 0.3) is 0 Å². The highest BCUT2D eigenvalue weighted by molar-refractivity contribution is 6.35. The maximum Gasteiger partial charge on any atom is 0.309 e. The van der Waals surface area contributed by atoms with E-state index in [1.54, 1.807) is 0 Å². The number of benzene rings is 1. The van der Waals surface area contributed by atoms with Crippen LogP contribution < -0.4 is 15.5 Å². The predicted molar refractivity (Wildman–Crippen MR) is 115 cm³/mol. The molecule has 1 saturated heterocycles. The monoisotopic (exact) mass is 398 g/mol.